The molecule has 0 fully saturated rings. The van der Waals surface area contributed by atoms with Crippen LogP contribution in [0.3, 0.4) is 0 Å². The molecule has 0 spiro atoms. The maximum Gasteiger partial charge on any atom is 0.495 e. The topological polar surface area (TPSA) is 46.6 Å². The van der Waals surface area contributed by atoms with E-state index in [9.17, 15) is 0 Å². The van der Waals surface area contributed by atoms with Gasteiger partial charge in [-0.2, -0.15) is 0 Å². The van der Waals surface area contributed by atoms with Crippen LogP contribution in [0.25, 0.3) is 22.4 Å². The minimum absolute atomic E-state index is 0.636. The zero-order chi connectivity index (χ0) is 30.4. The first-order valence-electron chi connectivity index (χ1n) is 14.6. The van der Waals surface area contributed by atoms with Gasteiger partial charge in [-0.15, -0.1) is 0 Å². The van der Waals surface area contributed by atoms with Crippen molar-refractivity contribution in [3.63, 3.8) is 0 Å². The number of nitrogens with zero attached hydrogens (tertiary/aromatic N) is 3. The Morgan fingerprint density at radius 2 is 1.04 bits per heavy atom. The summed E-state index contributed by atoms with van der Waals surface area (Å²) in [6, 6.07) is 48.6. The van der Waals surface area contributed by atoms with E-state index in [1.807, 2.05) is 162 Å². The average molecular weight is 588 g/mol. The van der Waals surface area contributed by atoms with Gasteiger partial charge in [-0.3, -0.25) is 4.98 Å². The fourth-order valence-electron chi connectivity index (χ4n) is 4.97. The molecular formula is C39H29N3O3+2. The van der Waals surface area contributed by atoms with Crippen molar-refractivity contribution in [2.24, 2.45) is 0 Å². The van der Waals surface area contributed by atoms with Crippen molar-refractivity contribution in [3.05, 3.63) is 158 Å². The van der Waals surface area contributed by atoms with Gasteiger partial charge in [0.2, 0.25) is 11.9 Å². The molecule has 6 aromatic rings. The molecule has 0 bridgehead atoms. The standard InChI is InChI=1S/C39H29N3O3/c1-41-20-21-42(28-41)32-25-37(44-34-14-6-3-7-15-34)27-38(26-32)45-36-17-9-11-31(23-36)39-24-30(18-19-40-39)29-10-8-16-35(22-29)43-33-12-4-2-5-13-33/h2-27H,1H3/q+2. The molecule has 0 atom stereocenters. The van der Waals surface area contributed by atoms with Crippen LogP contribution in [0.5, 0.6) is 34.5 Å². The lowest BCUT2D eigenvalue weighted by Gasteiger charge is -2.11. The lowest BCUT2D eigenvalue weighted by Crippen LogP contribution is -1.96. The van der Waals surface area contributed by atoms with Crippen LogP contribution in [0.4, 0.5) is 5.69 Å². The van der Waals surface area contributed by atoms with Crippen molar-refractivity contribution in [1.29, 1.82) is 0 Å². The number of pyridine rings is 1. The predicted molar refractivity (Wildman–Crippen MR) is 175 cm³/mol. The van der Waals surface area contributed by atoms with Crippen molar-refractivity contribution >= 4 is 11.7 Å². The van der Waals surface area contributed by atoms with E-state index in [4.69, 9.17) is 14.2 Å². The SMILES string of the molecule is C[N+]1=C=[N+](c2cc(Oc3ccccc3)cc(Oc3cccc(-c4cc(-c5cccc(Oc6ccccc6)c5)ccn4)c3)c2)C=C1. The summed E-state index contributed by atoms with van der Waals surface area (Å²) < 4.78 is 22.4. The Labute approximate surface area is 261 Å². The molecule has 0 saturated heterocycles. The summed E-state index contributed by atoms with van der Waals surface area (Å²) in [4.78, 5) is 4.67. The molecule has 0 radical (unpaired) electrons. The fraction of sp³-hybridized carbons (Fsp3) is 0.0256. The van der Waals surface area contributed by atoms with E-state index in [2.05, 4.69) is 23.1 Å². The van der Waals surface area contributed by atoms with Crippen LogP contribution in [0.2, 0.25) is 0 Å². The number of hydrogen-bond acceptors (Lipinski definition) is 4. The van der Waals surface area contributed by atoms with Gasteiger partial charge >= 0.3 is 6.01 Å². The lowest BCUT2D eigenvalue weighted by molar-refractivity contribution is -0.429. The summed E-state index contributed by atoms with van der Waals surface area (Å²) in [6.07, 6.45) is 5.70. The first-order valence-corrected chi connectivity index (χ1v) is 14.6. The zero-order valence-corrected chi connectivity index (χ0v) is 24.6. The molecule has 216 valence electrons. The molecule has 5 aromatic carbocycles. The van der Waals surface area contributed by atoms with Gasteiger partial charge in [0.1, 0.15) is 34.5 Å². The molecule has 45 heavy (non-hydrogen) atoms. The van der Waals surface area contributed by atoms with Gasteiger partial charge in [-0.1, -0.05) is 69.8 Å². The first kappa shape index (κ1) is 27.6. The van der Waals surface area contributed by atoms with Crippen LogP contribution in [0.1, 0.15) is 0 Å². The second-order valence-electron chi connectivity index (χ2n) is 10.5. The van der Waals surface area contributed by atoms with Crippen molar-refractivity contribution in [2.75, 3.05) is 7.05 Å². The van der Waals surface area contributed by atoms with Crippen LogP contribution in [-0.2, 0) is 0 Å². The maximum atomic E-state index is 6.42. The molecule has 1 aliphatic heterocycles. The summed E-state index contributed by atoms with van der Waals surface area (Å²) in [7, 11) is 1.93. The van der Waals surface area contributed by atoms with Gasteiger partial charge in [0.25, 0.3) is 6.20 Å². The highest BCUT2D eigenvalue weighted by molar-refractivity contribution is 5.72. The van der Waals surface area contributed by atoms with Gasteiger partial charge in [0.05, 0.1) is 17.8 Å². The van der Waals surface area contributed by atoms with Crippen molar-refractivity contribution in [3.8, 4) is 56.9 Å². The monoisotopic (exact) mass is 587 g/mol. The highest BCUT2D eigenvalue weighted by Gasteiger charge is 2.19. The van der Waals surface area contributed by atoms with Gasteiger partial charge < -0.3 is 14.2 Å². The minimum atomic E-state index is 0.636. The molecule has 1 aromatic heterocycles. The summed E-state index contributed by atoms with van der Waals surface area (Å²) >= 11 is 0. The Hall–Kier alpha value is -6.23. The lowest BCUT2D eigenvalue weighted by atomic mass is 10.0. The van der Waals surface area contributed by atoms with Crippen molar-refractivity contribution in [2.45, 2.75) is 0 Å². The van der Waals surface area contributed by atoms with E-state index in [1.165, 1.54) is 0 Å². The zero-order valence-electron chi connectivity index (χ0n) is 24.6. The van der Waals surface area contributed by atoms with E-state index >= 15 is 0 Å². The van der Waals surface area contributed by atoms with Crippen LogP contribution in [0.15, 0.2) is 158 Å². The third-order valence-corrected chi connectivity index (χ3v) is 7.10. The Kier molecular flexibility index (Phi) is 7.70. The Bertz CT molecular complexity index is 2080. The van der Waals surface area contributed by atoms with Gasteiger partial charge in [0.15, 0.2) is 7.05 Å². The molecule has 0 saturated carbocycles. The minimum Gasteiger partial charge on any atom is -0.457 e. The number of ether oxygens (including phenoxy) is 3. The second-order valence-corrected chi connectivity index (χ2v) is 10.5. The number of benzene rings is 5. The summed E-state index contributed by atoms with van der Waals surface area (Å²) in [5.41, 5.74) is 4.72. The molecule has 6 nitrogen and oxygen atoms in total. The maximum absolute atomic E-state index is 6.42. The summed E-state index contributed by atoms with van der Waals surface area (Å²) in [6.45, 7) is 0. The fourth-order valence-corrected chi connectivity index (χ4v) is 4.97. The van der Waals surface area contributed by atoms with Crippen LogP contribution < -0.4 is 14.2 Å². The highest BCUT2D eigenvalue weighted by atomic mass is 16.5. The molecule has 2 heterocycles. The molecule has 6 heteroatoms. The largest absolute Gasteiger partial charge is 0.495 e. The third kappa shape index (κ3) is 6.73. The molecule has 1 aliphatic rings. The molecule has 0 amide bonds. The predicted octanol–water partition coefficient (Wildman–Crippen LogP) is 9.74. The molecule has 0 N–H and O–H groups in total. The second kappa shape index (κ2) is 12.6. The van der Waals surface area contributed by atoms with E-state index in [-0.39, 0.29) is 0 Å². The third-order valence-electron chi connectivity index (χ3n) is 7.10. The smallest absolute Gasteiger partial charge is 0.457 e. The van der Waals surface area contributed by atoms with Crippen molar-refractivity contribution in [1.82, 2.24) is 4.98 Å². The Morgan fingerprint density at radius 1 is 0.489 bits per heavy atom. The van der Waals surface area contributed by atoms with Crippen molar-refractivity contribution < 1.29 is 23.4 Å². The van der Waals surface area contributed by atoms with Crippen LogP contribution in [-0.4, -0.2) is 27.2 Å². The van der Waals surface area contributed by atoms with E-state index in [0.717, 1.165) is 45.3 Å². The van der Waals surface area contributed by atoms with Gasteiger partial charge in [0, 0.05) is 17.8 Å². The number of rotatable bonds is 9. The van der Waals surface area contributed by atoms with E-state index in [1.54, 1.807) is 0 Å². The number of aromatic nitrogens is 1. The first-order chi connectivity index (χ1) is 22.1. The van der Waals surface area contributed by atoms with E-state index in [0.29, 0.717) is 17.2 Å². The number of para-hydroxylation sites is 2. The normalized spacial score (nSPS) is 11.9. The molecule has 7 rings (SSSR count). The average Bonchev–Trinajstić information content (AvgIpc) is 3.52. The number of hydrogen-bond donors (Lipinski definition) is 0. The van der Waals surface area contributed by atoms with E-state index < -0.39 is 0 Å². The van der Waals surface area contributed by atoms with Crippen LogP contribution >= 0.6 is 0 Å². The molecular weight excluding hydrogens is 558 g/mol. The summed E-state index contributed by atoms with van der Waals surface area (Å²) in [5.74, 6) is 4.29. The molecule has 0 unspecified atom stereocenters. The van der Waals surface area contributed by atoms with Gasteiger partial charge in [-0.05, 0) is 71.8 Å². The van der Waals surface area contributed by atoms with Gasteiger partial charge in [-0.25, -0.2) is 0 Å². The molecule has 0 aliphatic carbocycles. The highest BCUT2D eigenvalue weighted by Crippen LogP contribution is 2.35. The van der Waals surface area contributed by atoms with Crippen LogP contribution in [0, 0.1) is 0 Å². The quantitative estimate of drug-likeness (QED) is 0.158. The Morgan fingerprint density at radius 3 is 1.69 bits per heavy atom. The Balaban J connectivity index is 1.16. The summed E-state index contributed by atoms with van der Waals surface area (Å²) in [5, 5.41) is 0.